The molecule has 0 saturated carbocycles. The summed E-state index contributed by atoms with van der Waals surface area (Å²) in [6, 6.07) is 12.1. The van der Waals surface area contributed by atoms with Gasteiger partial charge < -0.3 is 40.3 Å². The number of imidazole rings is 1. The number of aromatic nitrogens is 3. The number of carbonyl (C=O) groups excluding carboxylic acids is 4. The summed E-state index contributed by atoms with van der Waals surface area (Å²) in [5, 5.41) is 8.32. The smallest absolute Gasteiger partial charge is 0.291 e. The number of anilines is 3. The number of aryl methyl sites for hydroxylation is 2. The Labute approximate surface area is 301 Å². The molecular weight excluding hydrogens is 666 g/mol. The maximum Gasteiger partial charge on any atom is 0.291 e. The fourth-order valence-corrected chi connectivity index (χ4v) is 5.67. The molecule has 5 rings (SSSR count). The maximum absolute atomic E-state index is 13.1. The molecule has 1 aliphatic heterocycles. The molecule has 0 radical (unpaired) electrons. The first kappa shape index (κ1) is 37.0. The number of hydrogen-bond donors (Lipinski definition) is 4. The minimum Gasteiger partial charge on any atom is -0.493 e. The van der Waals surface area contributed by atoms with Crippen LogP contribution < -0.4 is 31.2 Å². The van der Waals surface area contributed by atoms with E-state index in [4.69, 9.17) is 15.2 Å². The molecule has 3 amide bonds. The van der Waals surface area contributed by atoms with Gasteiger partial charge in [-0.1, -0.05) is 24.3 Å². The van der Waals surface area contributed by atoms with Crippen LogP contribution in [-0.4, -0.2) is 82.6 Å². The van der Waals surface area contributed by atoms with Crippen LogP contribution in [0.2, 0.25) is 0 Å². The quantitative estimate of drug-likeness (QED) is 0.0463. The Morgan fingerprint density at radius 2 is 1.81 bits per heavy atom. The number of nitrogens with two attached hydrogens (primary N) is 1. The van der Waals surface area contributed by atoms with Crippen molar-refractivity contribution in [3.63, 3.8) is 0 Å². The second-order valence-corrected chi connectivity index (χ2v) is 12.6. The number of aldehydes is 1. The van der Waals surface area contributed by atoms with Crippen LogP contribution >= 0.6 is 0 Å². The van der Waals surface area contributed by atoms with Gasteiger partial charge in [0.05, 0.1) is 25.1 Å². The molecule has 2 aromatic heterocycles. The normalized spacial score (nSPS) is 14.4. The first-order chi connectivity index (χ1) is 24.9. The summed E-state index contributed by atoms with van der Waals surface area (Å²) in [4.78, 5) is 61.3. The highest BCUT2D eigenvalue weighted by molar-refractivity contribution is 6.03. The number of likely N-dealkylation sites (tertiary alicyclic amines) is 1. The minimum atomic E-state index is -0.519. The van der Waals surface area contributed by atoms with E-state index in [1.165, 1.54) is 17.9 Å². The van der Waals surface area contributed by atoms with Crippen molar-refractivity contribution in [2.45, 2.75) is 31.8 Å². The summed E-state index contributed by atoms with van der Waals surface area (Å²) >= 11 is 0. The number of likely N-dealkylation sites (N-methyl/N-ethyl adjacent to an activating group) is 1. The molecule has 5 N–H and O–H groups in total. The van der Waals surface area contributed by atoms with Crippen LogP contribution in [0, 0.1) is 0 Å². The van der Waals surface area contributed by atoms with Crippen molar-refractivity contribution in [1.29, 1.82) is 0 Å². The Hall–Kier alpha value is -6.22. The molecular formula is C37H43N9O6. The van der Waals surface area contributed by atoms with E-state index in [1.807, 2.05) is 19.2 Å². The highest BCUT2D eigenvalue weighted by atomic mass is 16.5. The molecule has 1 aliphatic rings. The maximum atomic E-state index is 13.1. The number of carbonyl (C=O) groups is 4. The summed E-state index contributed by atoms with van der Waals surface area (Å²) in [5.41, 5.74) is 9.96. The summed E-state index contributed by atoms with van der Waals surface area (Å²) < 4.78 is 14.5. The SMILES string of the molecule is C=C1CC(C=Nc2cc(OCCCC(=O)Nc3cn(C)c(C(=O)Nc4cc(C(=O)NCc5ccc(N)cc5)n(C)c4)n3)c(OC)cc2C=O)N(C)C1. The van der Waals surface area contributed by atoms with Crippen molar-refractivity contribution < 1.29 is 28.7 Å². The predicted octanol–water partition coefficient (Wildman–Crippen LogP) is 4.10. The van der Waals surface area contributed by atoms with Gasteiger partial charge in [0.25, 0.3) is 11.8 Å². The number of nitrogens with one attached hydrogen (secondary N) is 3. The zero-order chi connectivity index (χ0) is 37.4. The predicted molar refractivity (Wildman–Crippen MR) is 199 cm³/mol. The van der Waals surface area contributed by atoms with Crippen LogP contribution in [0.15, 0.2) is 72.0 Å². The van der Waals surface area contributed by atoms with Crippen LogP contribution in [-0.2, 0) is 25.4 Å². The van der Waals surface area contributed by atoms with Gasteiger partial charge in [-0.05, 0) is 49.7 Å². The Bertz CT molecular complexity index is 2000. The molecule has 1 unspecified atom stereocenters. The van der Waals surface area contributed by atoms with E-state index in [1.54, 1.807) is 61.4 Å². The lowest BCUT2D eigenvalue weighted by Gasteiger charge is -2.15. The monoisotopic (exact) mass is 709 g/mol. The Kier molecular flexibility index (Phi) is 11.9. The van der Waals surface area contributed by atoms with E-state index in [9.17, 15) is 19.2 Å². The Morgan fingerprint density at radius 3 is 2.50 bits per heavy atom. The number of rotatable bonds is 15. The van der Waals surface area contributed by atoms with Crippen LogP contribution in [0.4, 0.5) is 22.9 Å². The zero-order valence-electron chi connectivity index (χ0n) is 29.6. The Balaban J connectivity index is 1.11. The van der Waals surface area contributed by atoms with Crippen molar-refractivity contribution in [3.8, 4) is 11.5 Å². The average molecular weight is 710 g/mol. The average Bonchev–Trinajstić information content (AvgIpc) is 3.78. The molecule has 1 fully saturated rings. The van der Waals surface area contributed by atoms with E-state index in [-0.39, 0.29) is 42.5 Å². The second kappa shape index (κ2) is 16.7. The van der Waals surface area contributed by atoms with Gasteiger partial charge in [0, 0.05) is 75.6 Å². The van der Waals surface area contributed by atoms with Gasteiger partial charge in [0.2, 0.25) is 11.7 Å². The summed E-state index contributed by atoms with van der Waals surface area (Å²) in [6.45, 7) is 5.35. The van der Waals surface area contributed by atoms with Gasteiger partial charge in [-0.15, -0.1) is 0 Å². The van der Waals surface area contributed by atoms with Crippen molar-refractivity contribution >= 4 is 53.1 Å². The first-order valence-electron chi connectivity index (χ1n) is 16.6. The fraction of sp³-hybridized carbons (Fsp3) is 0.297. The number of methoxy groups -OCH3 is 1. The Morgan fingerprint density at radius 1 is 1.04 bits per heavy atom. The van der Waals surface area contributed by atoms with Crippen molar-refractivity contribution in [2.75, 3.05) is 43.7 Å². The lowest BCUT2D eigenvalue weighted by atomic mass is 10.1. The molecule has 1 saturated heterocycles. The molecule has 15 nitrogen and oxygen atoms in total. The number of benzene rings is 2. The van der Waals surface area contributed by atoms with Crippen LogP contribution in [0.5, 0.6) is 11.5 Å². The third-order valence-electron chi connectivity index (χ3n) is 8.44. The molecule has 4 aromatic rings. The van der Waals surface area contributed by atoms with E-state index < -0.39 is 5.91 Å². The minimum absolute atomic E-state index is 0.0608. The van der Waals surface area contributed by atoms with Gasteiger partial charge in [0.15, 0.2) is 23.6 Å². The zero-order valence-corrected chi connectivity index (χ0v) is 29.6. The first-order valence-corrected chi connectivity index (χ1v) is 16.6. The number of nitrogen functional groups attached to an aromatic ring is 1. The molecule has 15 heteroatoms. The molecule has 1 atom stereocenters. The number of amides is 3. The molecule has 0 aliphatic carbocycles. The topological polar surface area (TPSA) is 187 Å². The second-order valence-electron chi connectivity index (χ2n) is 12.6. The molecule has 52 heavy (non-hydrogen) atoms. The van der Waals surface area contributed by atoms with Gasteiger partial charge in [0.1, 0.15) is 5.69 Å². The number of nitrogens with zero attached hydrogens (tertiary/aromatic N) is 5. The molecule has 3 heterocycles. The van der Waals surface area contributed by atoms with Crippen LogP contribution in [0.25, 0.3) is 0 Å². The lowest BCUT2D eigenvalue weighted by molar-refractivity contribution is -0.116. The van der Waals surface area contributed by atoms with Gasteiger partial charge in [-0.25, -0.2) is 4.98 Å². The third-order valence-corrected chi connectivity index (χ3v) is 8.44. The highest BCUT2D eigenvalue weighted by Gasteiger charge is 2.22. The van der Waals surface area contributed by atoms with E-state index in [2.05, 4.69) is 37.4 Å². The molecule has 0 bridgehead atoms. The molecule has 272 valence electrons. The van der Waals surface area contributed by atoms with Crippen molar-refractivity contribution in [3.05, 3.63) is 89.7 Å². The summed E-state index contributed by atoms with van der Waals surface area (Å²) in [7, 11) is 6.81. The van der Waals surface area contributed by atoms with Crippen LogP contribution in [0.1, 0.15) is 56.3 Å². The standard InChI is InChI=1S/C37H43N9O6/c1-23-13-28(44(2)19-23)18-39-29-16-32(31(51-5)14-25(29)22-47)52-12-6-7-34(48)42-33-21-46(4)35(43-33)37(50)41-27-15-30(45(3)20-27)36(49)40-17-24-8-10-26(38)11-9-24/h8-11,14-16,18,20-22,28H,1,6-7,12-13,17,19,38H2,2-5H3,(H,40,49)(H,41,50)(H,42,48). The summed E-state index contributed by atoms with van der Waals surface area (Å²) in [5.74, 6) is -0.104. The molecule has 2 aromatic carbocycles. The summed E-state index contributed by atoms with van der Waals surface area (Å²) in [6.07, 6.45) is 6.96. The van der Waals surface area contributed by atoms with E-state index in [0.717, 1.165) is 30.4 Å². The van der Waals surface area contributed by atoms with Crippen molar-refractivity contribution in [2.24, 2.45) is 19.1 Å². The van der Waals surface area contributed by atoms with E-state index >= 15 is 0 Å². The number of hydrogen-bond acceptors (Lipinski definition) is 10. The fourth-order valence-electron chi connectivity index (χ4n) is 5.67. The van der Waals surface area contributed by atoms with Gasteiger partial charge in [-0.3, -0.25) is 29.1 Å². The lowest BCUT2D eigenvalue weighted by Crippen LogP contribution is -2.25. The molecule has 0 spiro atoms. The number of aliphatic imine (C=N–C) groups is 1. The van der Waals surface area contributed by atoms with Gasteiger partial charge in [-0.2, -0.15) is 0 Å². The van der Waals surface area contributed by atoms with Crippen molar-refractivity contribution in [1.82, 2.24) is 24.3 Å². The van der Waals surface area contributed by atoms with Gasteiger partial charge >= 0.3 is 0 Å². The van der Waals surface area contributed by atoms with Crippen LogP contribution in [0.3, 0.4) is 0 Å². The highest BCUT2D eigenvalue weighted by Crippen LogP contribution is 2.35. The third kappa shape index (κ3) is 9.31. The van der Waals surface area contributed by atoms with E-state index in [0.29, 0.717) is 52.8 Å². The largest absolute Gasteiger partial charge is 0.493 e. The number of ether oxygens (including phenoxy) is 2.